The molecular formula is C16H23N3O. The molecule has 1 amide bonds. The Morgan fingerprint density at radius 2 is 2.05 bits per heavy atom. The monoisotopic (exact) mass is 273 g/mol. The molecule has 2 aromatic rings. The molecule has 4 heteroatoms. The maximum absolute atomic E-state index is 11.9. The largest absolute Gasteiger partial charge is 0.355 e. The van der Waals surface area contributed by atoms with Crippen molar-refractivity contribution in [1.29, 1.82) is 0 Å². The van der Waals surface area contributed by atoms with Gasteiger partial charge in [0.25, 0.3) is 0 Å². The van der Waals surface area contributed by atoms with Crippen molar-refractivity contribution in [3.05, 3.63) is 36.0 Å². The number of carbonyl (C=O) groups is 1. The molecule has 0 unspecified atom stereocenters. The number of rotatable bonds is 7. The van der Waals surface area contributed by atoms with Crippen LogP contribution >= 0.6 is 0 Å². The molecule has 0 aliphatic rings. The lowest BCUT2D eigenvalue weighted by Crippen LogP contribution is -2.27. The summed E-state index contributed by atoms with van der Waals surface area (Å²) < 4.78 is 2.03. The average Bonchev–Trinajstić information content (AvgIpc) is 2.81. The summed E-state index contributed by atoms with van der Waals surface area (Å²) in [6, 6.07) is 8.24. The van der Waals surface area contributed by atoms with E-state index in [1.54, 1.807) is 0 Å². The molecule has 0 fully saturated rings. The van der Waals surface area contributed by atoms with Gasteiger partial charge in [-0.3, -0.25) is 4.79 Å². The summed E-state index contributed by atoms with van der Waals surface area (Å²) in [5, 5.41) is 7.49. The van der Waals surface area contributed by atoms with Gasteiger partial charge in [-0.2, -0.15) is 0 Å². The molecule has 0 radical (unpaired) electrons. The van der Waals surface area contributed by atoms with E-state index in [2.05, 4.69) is 42.8 Å². The Labute approximate surface area is 120 Å². The van der Waals surface area contributed by atoms with Crippen LogP contribution in [0.3, 0.4) is 0 Å². The van der Waals surface area contributed by atoms with Crippen LogP contribution in [0.4, 0.5) is 0 Å². The van der Waals surface area contributed by atoms with Crippen LogP contribution in [-0.2, 0) is 17.9 Å². The highest BCUT2D eigenvalue weighted by molar-refractivity contribution is 5.86. The summed E-state index contributed by atoms with van der Waals surface area (Å²) in [5.74, 6) is 0.0719. The number of para-hydroxylation sites is 1. The van der Waals surface area contributed by atoms with Crippen LogP contribution in [0.15, 0.2) is 30.5 Å². The first-order valence-electron chi connectivity index (χ1n) is 7.30. The number of aromatic nitrogens is 1. The van der Waals surface area contributed by atoms with Crippen LogP contribution in [0.2, 0.25) is 0 Å². The van der Waals surface area contributed by atoms with Crippen molar-refractivity contribution in [2.45, 2.75) is 33.4 Å². The van der Waals surface area contributed by atoms with Crippen LogP contribution in [-0.4, -0.2) is 23.6 Å². The second-order valence-electron chi connectivity index (χ2n) is 4.93. The minimum Gasteiger partial charge on any atom is -0.355 e. The topological polar surface area (TPSA) is 46.1 Å². The Kier molecular flexibility index (Phi) is 5.18. The molecule has 0 aliphatic heterocycles. The maximum Gasteiger partial charge on any atom is 0.239 e. The van der Waals surface area contributed by atoms with Crippen molar-refractivity contribution in [2.75, 3.05) is 13.1 Å². The highest BCUT2D eigenvalue weighted by Crippen LogP contribution is 2.21. The van der Waals surface area contributed by atoms with Gasteiger partial charge in [0, 0.05) is 30.2 Å². The van der Waals surface area contributed by atoms with Gasteiger partial charge in [0.1, 0.15) is 6.54 Å². The van der Waals surface area contributed by atoms with Gasteiger partial charge in [0.2, 0.25) is 5.91 Å². The lowest BCUT2D eigenvalue weighted by atomic mass is 10.2. The zero-order chi connectivity index (χ0) is 14.4. The molecule has 1 aromatic carbocycles. The summed E-state index contributed by atoms with van der Waals surface area (Å²) in [4.78, 5) is 11.9. The lowest BCUT2D eigenvalue weighted by Gasteiger charge is -2.06. The smallest absolute Gasteiger partial charge is 0.239 e. The molecule has 0 bridgehead atoms. The van der Waals surface area contributed by atoms with E-state index in [9.17, 15) is 4.79 Å². The number of amides is 1. The maximum atomic E-state index is 11.9. The summed E-state index contributed by atoms with van der Waals surface area (Å²) in [7, 11) is 0. The van der Waals surface area contributed by atoms with E-state index in [-0.39, 0.29) is 5.91 Å². The summed E-state index contributed by atoms with van der Waals surface area (Å²) in [6.45, 7) is 7.04. The first-order valence-corrected chi connectivity index (χ1v) is 7.30. The van der Waals surface area contributed by atoms with E-state index in [0.29, 0.717) is 6.54 Å². The number of nitrogens with one attached hydrogen (secondary N) is 2. The minimum atomic E-state index is 0.0719. The zero-order valence-electron chi connectivity index (χ0n) is 12.3. The fourth-order valence-electron chi connectivity index (χ4n) is 2.33. The molecule has 4 nitrogen and oxygen atoms in total. The zero-order valence-corrected chi connectivity index (χ0v) is 12.3. The molecule has 0 aliphatic carbocycles. The number of fused-ring (bicyclic) bond motifs is 1. The molecule has 0 saturated heterocycles. The van der Waals surface area contributed by atoms with Crippen LogP contribution in [0.1, 0.15) is 25.8 Å². The van der Waals surface area contributed by atoms with E-state index in [0.717, 1.165) is 31.6 Å². The minimum absolute atomic E-state index is 0.0719. The predicted molar refractivity (Wildman–Crippen MR) is 82.6 cm³/mol. The summed E-state index contributed by atoms with van der Waals surface area (Å²) in [6.07, 6.45) is 3.04. The second kappa shape index (κ2) is 7.10. The van der Waals surface area contributed by atoms with E-state index in [1.807, 2.05) is 16.7 Å². The normalized spacial score (nSPS) is 10.9. The molecule has 0 atom stereocenters. The van der Waals surface area contributed by atoms with Crippen LogP contribution in [0.25, 0.3) is 10.9 Å². The van der Waals surface area contributed by atoms with Crippen LogP contribution < -0.4 is 10.6 Å². The molecule has 1 heterocycles. The first kappa shape index (κ1) is 14.6. The Bertz CT molecular complexity index is 574. The first-order chi connectivity index (χ1) is 9.76. The van der Waals surface area contributed by atoms with Crippen molar-refractivity contribution >= 4 is 16.8 Å². The van der Waals surface area contributed by atoms with E-state index in [1.165, 1.54) is 10.9 Å². The SMILES string of the molecule is CCCNC(=O)Cn1cc(CNCC)c2ccccc21. The third-order valence-electron chi connectivity index (χ3n) is 3.32. The van der Waals surface area contributed by atoms with Crippen molar-refractivity contribution in [3.8, 4) is 0 Å². The fraction of sp³-hybridized carbons (Fsp3) is 0.438. The van der Waals surface area contributed by atoms with Crippen molar-refractivity contribution in [3.63, 3.8) is 0 Å². The molecular weight excluding hydrogens is 250 g/mol. The van der Waals surface area contributed by atoms with Gasteiger partial charge < -0.3 is 15.2 Å². The Morgan fingerprint density at radius 1 is 1.25 bits per heavy atom. The Hall–Kier alpha value is -1.81. The molecule has 2 rings (SSSR count). The third-order valence-corrected chi connectivity index (χ3v) is 3.32. The molecule has 0 saturated carbocycles. The summed E-state index contributed by atoms with van der Waals surface area (Å²) >= 11 is 0. The van der Waals surface area contributed by atoms with E-state index < -0.39 is 0 Å². The predicted octanol–water partition coefficient (Wildman–Crippen LogP) is 2.28. The molecule has 1 aromatic heterocycles. The molecule has 20 heavy (non-hydrogen) atoms. The number of carbonyl (C=O) groups excluding carboxylic acids is 1. The summed E-state index contributed by atoms with van der Waals surface area (Å²) in [5.41, 5.74) is 2.36. The molecule has 108 valence electrons. The van der Waals surface area contributed by atoms with Gasteiger partial charge in [-0.05, 0) is 24.6 Å². The van der Waals surface area contributed by atoms with Gasteiger partial charge in [-0.15, -0.1) is 0 Å². The van der Waals surface area contributed by atoms with Crippen molar-refractivity contribution in [1.82, 2.24) is 15.2 Å². The van der Waals surface area contributed by atoms with Crippen LogP contribution in [0.5, 0.6) is 0 Å². The number of nitrogens with zero attached hydrogens (tertiary/aromatic N) is 1. The molecule has 0 spiro atoms. The standard InChI is InChI=1S/C16H23N3O/c1-3-9-18-16(20)12-19-11-13(10-17-4-2)14-7-5-6-8-15(14)19/h5-8,11,17H,3-4,9-10,12H2,1-2H3,(H,18,20). The number of hydrogen-bond acceptors (Lipinski definition) is 2. The van der Waals surface area contributed by atoms with Gasteiger partial charge >= 0.3 is 0 Å². The Balaban J connectivity index is 2.22. The highest BCUT2D eigenvalue weighted by Gasteiger charge is 2.10. The lowest BCUT2D eigenvalue weighted by molar-refractivity contribution is -0.121. The fourth-order valence-corrected chi connectivity index (χ4v) is 2.33. The average molecular weight is 273 g/mol. The second-order valence-corrected chi connectivity index (χ2v) is 4.93. The highest BCUT2D eigenvalue weighted by atomic mass is 16.1. The van der Waals surface area contributed by atoms with E-state index >= 15 is 0 Å². The van der Waals surface area contributed by atoms with E-state index in [4.69, 9.17) is 0 Å². The quantitative estimate of drug-likeness (QED) is 0.813. The van der Waals surface area contributed by atoms with Gasteiger partial charge in [0.05, 0.1) is 0 Å². The van der Waals surface area contributed by atoms with Gasteiger partial charge in [-0.25, -0.2) is 0 Å². The van der Waals surface area contributed by atoms with Crippen molar-refractivity contribution in [2.24, 2.45) is 0 Å². The number of benzene rings is 1. The van der Waals surface area contributed by atoms with Crippen molar-refractivity contribution < 1.29 is 4.79 Å². The number of hydrogen-bond donors (Lipinski definition) is 2. The van der Waals surface area contributed by atoms with Gasteiger partial charge in [-0.1, -0.05) is 32.0 Å². The Morgan fingerprint density at radius 3 is 2.80 bits per heavy atom. The van der Waals surface area contributed by atoms with Gasteiger partial charge in [0.15, 0.2) is 0 Å². The van der Waals surface area contributed by atoms with Crippen LogP contribution in [0, 0.1) is 0 Å². The molecule has 2 N–H and O–H groups in total. The third kappa shape index (κ3) is 3.39.